The van der Waals surface area contributed by atoms with Gasteiger partial charge in [-0.2, -0.15) is 0 Å². The molecule has 0 amide bonds. The summed E-state index contributed by atoms with van der Waals surface area (Å²) in [6.45, 7) is 0.415. The van der Waals surface area contributed by atoms with Crippen molar-refractivity contribution in [2.45, 2.75) is 25.7 Å². The second-order valence-electron chi connectivity index (χ2n) is 4.39. The Labute approximate surface area is 120 Å². The minimum atomic E-state index is -1.48. The van der Waals surface area contributed by atoms with E-state index in [9.17, 15) is 29.9 Å². The third-order valence-corrected chi connectivity index (χ3v) is 2.80. The molecule has 0 radical (unpaired) electrons. The van der Waals surface area contributed by atoms with Crippen LogP contribution in [0.3, 0.4) is 0 Å². The predicted octanol–water partition coefficient (Wildman–Crippen LogP) is -0.320. The Morgan fingerprint density at radius 3 is 2.43 bits per heavy atom. The summed E-state index contributed by atoms with van der Waals surface area (Å²) < 4.78 is 0. The average Bonchev–Trinajstić information content (AvgIpc) is 2.42. The van der Waals surface area contributed by atoms with Gasteiger partial charge in [0.2, 0.25) is 0 Å². The molecule has 1 aromatic rings. The molecule has 0 aliphatic rings. The molecule has 21 heavy (non-hydrogen) atoms. The highest BCUT2D eigenvalue weighted by Gasteiger charge is 2.14. The Balaban J connectivity index is 2.56. The van der Waals surface area contributed by atoms with Gasteiger partial charge in [0.25, 0.3) is 5.69 Å². The van der Waals surface area contributed by atoms with Crippen molar-refractivity contribution >= 4 is 23.3 Å². The number of anilines is 1. The molecule has 1 rings (SSSR count). The number of nitrogens with one attached hydrogen (secondary N) is 1. The normalized spacial score (nSPS) is 10.1. The second-order valence-corrected chi connectivity index (χ2v) is 4.39. The lowest BCUT2D eigenvalue weighted by Crippen LogP contribution is -2.22. The average molecular weight is 294 g/mol. The molecule has 0 aromatic heterocycles. The topological polar surface area (TPSA) is 135 Å². The highest BCUT2D eigenvalue weighted by atomic mass is 16.6. The molecule has 0 spiro atoms. The van der Waals surface area contributed by atoms with Crippen LogP contribution in [0.15, 0.2) is 18.2 Å². The van der Waals surface area contributed by atoms with Crippen LogP contribution < -0.4 is 15.5 Å². The van der Waals surface area contributed by atoms with Gasteiger partial charge >= 0.3 is 0 Å². The molecule has 0 bridgehead atoms. The number of carboxylic acids is 2. The summed E-state index contributed by atoms with van der Waals surface area (Å²) in [6.07, 6.45) is 1.74. The molecule has 114 valence electrons. The summed E-state index contributed by atoms with van der Waals surface area (Å²) in [7, 11) is 0. The lowest BCUT2D eigenvalue weighted by molar-refractivity contribution is -0.384. The van der Waals surface area contributed by atoms with Crippen LogP contribution >= 0.6 is 0 Å². The zero-order valence-corrected chi connectivity index (χ0v) is 11.2. The van der Waals surface area contributed by atoms with Crippen LogP contribution in [-0.2, 0) is 4.79 Å². The van der Waals surface area contributed by atoms with E-state index in [1.807, 2.05) is 0 Å². The van der Waals surface area contributed by atoms with Crippen molar-refractivity contribution in [1.82, 2.24) is 0 Å². The number of carboxylic acid groups (broad SMARTS) is 2. The number of nitro groups is 1. The number of unbranched alkanes of at least 4 members (excludes halogenated alkanes) is 2. The highest BCUT2D eigenvalue weighted by Crippen LogP contribution is 2.25. The molecule has 0 heterocycles. The number of hydrogen-bond donors (Lipinski definition) is 1. The SMILES string of the molecule is O=C([O-])CCCCCNc1ccc(C(=O)[O-])cc1[N+](=O)[O-]. The smallest absolute Gasteiger partial charge is 0.292 e. The zero-order chi connectivity index (χ0) is 15.8. The Bertz CT molecular complexity index is 543. The first-order valence-electron chi connectivity index (χ1n) is 6.35. The molecule has 0 aliphatic heterocycles. The summed E-state index contributed by atoms with van der Waals surface area (Å²) >= 11 is 0. The van der Waals surface area contributed by atoms with Crippen LogP contribution in [0.5, 0.6) is 0 Å². The largest absolute Gasteiger partial charge is 0.550 e. The lowest BCUT2D eigenvalue weighted by Gasteiger charge is -2.09. The number of carbonyl (C=O) groups is 2. The van der Waals surface area contributed by atoms with Gasteiger partial charge in [0.1, 0.15) is 5.69 Å². The van der Waals surface area contributed by atoms with E-state index in [2.05, 4.69) is 5.32 Å². The molecule has 0 aliphatic carbocycles. The molecule has 8 nitrogen and oxygen atoms in total. The van der Waals surface area contributed by atoms with E-state index < -0.39 is 16.9 Å². The van der Waals surface area contributed by atoms with Gasteiger partial charge in [-0.05, 0) is 25.3 Å². The molecule has 1 aromatic carbocycles. The van der Waals surface area contributed by atoms with Gasteiger partial charge in [0.15, 0.2) is 0 Å². The first kappa shape index (κ1) is 16.4. The van der Waals surface area contributed by atoms with Gasteiger partial charge < -0.3 is 25.1 Å². The Morgan fingerprint density at radius 1 is 1.14 bits per heavy atom. The van der Waals surface area contributed by atoms with E-state index in [1.54, 1.807) is 0 Å². The van der Waals surface area contributed by atoms with E-state index in [-0.39, 0.29) is 23.4 Å². The number of benzene rings is 1. The van der Waals surface area contributed by atoms with Crippen molar-refractivity contribution in [3.63, 3.8) is 0 Å². The van der Waals surface area contributed by atoms with Gasteiger partial charge in [-0.3, -0.25) is 10.1 Å². The van der Waals surface area contributed by atoms with Gasteiger partial charge in [-0.25, -0.2) is 0 Å². The molecular formula is C13H14N2O6-2. The zero-order valence-electron chi connectivity index (χ0n) is 11.2. The first-order chi connectivity index (χ1) is 9.91. The molecular weight excluding hydrogens is 280 g/mol. The number of aromatic carboxylic acids is 1. The fourth-order valence-electron chi connectivity index (χ4n) is 1.75. The fourth-order valence-corrected chi connectivity index (χ4v) is 1.75. The molecule has 8 heteroatoms. The molecule has 0 saturated heterocycles. The van der Waals surface area contributed by atoms with Crippen LogP contribution in [0.1, 0.15) is 36.0 Å². The molecule has 1 N–H and O–H groups in total. The van der Waals surface area contributed by atoms with E-state index in [1.165, 1.54) is 12.1 Å². The van der Waals surface area contributed by atoms with Gasteiger partial charge in [0, 0.05) is 24.1 Å². The molecule has 0 atom stereocenters. The number of nitro benzene ring substituents is 1. The Morgan fingerprint density at radius 2 is 1.86 bits per heavy atom. The van der Waals surface area contributed by atoms with Crippen molar-refractivity contribution in [1.29, 1.82) is 0 Å². The number of nitrogens with zero attached hydrogens (tertiary/aromatic N) is 1. The van der Waals surface area contributed by atoms with Crippen molar-refractivity contribution in [3.8, 4) is 0 Å². The maximum Gasteiger partial charge on any atom is 0.292 e. The van der Waals surface area contributed by atoms with Gasteiger partial charge in [-0.1, -0.05) is 12.5 Å². The maximum atomic E-state index is 10.9. The van der Waals surface area contributed by atoms with E-state index >= 15 is 0 Å². The number of carbonyl (C=O) groups excluding carboxylic acids is 2. The van der Waals surface area contributed by atoms with E-state index in [0.717, 1.165) is 6.07 Å². The fraction of sp³-hybridized carbons (Fsp3) is 0.385. The third-order valence-electron chi connectivity index (χ3n) is 2.80. The summed E-state index contributed by atoms with van der Waals surface area (Å²) in [5, 5.41) is 34.6. The van der Waals surface area contributed by atoms with Crippen LogP contribution in [-0.4, -0.2) is 23.4 Å². The minimum Gasteiger partial charge on any atom is -0.550 e. The van der Waals surface area contributed by atoms with Crippen molar-refractivity contribution in [2.24, 2.45) is 0 Å². The van der Waals surface area contributed by atoms with Crippen molar-refractivity contribution in [3.05, 3.63) is 33.9 Å². The standard InChI is InChI=1S/C13H16N2O6/c16-12(17)4-2-1-3-7-14-10-6-5-9(13(18)19)8-11(10)15(20)21/h5-6,8,14H,1-4,7H2,(H,16,17)(H,18,19)/p-2. The molecule has 0 fully saturated rings. The molecule has 0 unspecified atom stereocenters. The Kier molecular flexibility index (Phi) is 6.12. The van der Waals surface area contributed by atoms with Crippen LogP contribution in [0.2, 0.25) is 0 Å². The van der Waals surface area contributed by atoms with Gasteiger partial charge in [0.05, 0.1) is 10.9 Å². The second kappa shape index (κ2) is 7.83. The highest BCUT2D eigenvalue weighted by molar-refractivity contribution is 5.88. The summed E-state index contributed by atoms with van der Waals surface area (Å²) in [6, 6.07) is 3.47. The maximum absolute atomic E-state index is 10.9. The van der Waals surface area contributed by atoms with Crippen molar-refractivity contribution in [2.75, 3.05) is 11.9 Å². The minimum absolute atomic E-state index is 0.0134. The van der Waals surface area contributed by atoms with E-state index in [4.69, 9.17) is 0 Å². The van der Waals surface area contributed by atoms with Gasteiger partial charge in [-0.15, -0.1) is 0 Å². The molecule has 0 saturated carbocycles. The van der Waals surface area contributed by atoms with Crippen molar-refractivity contribution < 1.29 is 24.7 Å². The third kappa shape index (κ3) is 5.47. The van der Waals surface area contributed by atoms with Crippen LogP contribution in [0, 0.1) is 10.1 Å². The quantitative estimate of drug-likeness (QED) is 0.374. The summed E-state index contributed by atoms with van der Waals surface area (Å²) in [5.41, 5.74) is -0.391. The monoisotopic (exact) mass is 294 g/mol. The van der Waals surface area contributed by atoms with Crippen LogP contribution in [0.25, 0.3) is 0 Å². The summed E-state index contributed by atoms with van der Waals surface area (Å²) in [5.74, 6) is -2.58. The number of aliphatic carboxylic acids is 1. The first-order valence-corrected chi connectivity index (χ1v) is 6.35. The lowest BCUT2D eigenvalue weighted by atomic mass is 10.1. The predicted molar refractivity (Wildman–Crippen MR) is 69.4 cm³/mol. The number of hydrogen-bond acceptors (Lipinski definition) is 7. The van der Waals surface area contributed by atoms with Crippen LogP contribution in [0.4, 0.5) is 11.4 Å². The number of rotatable bonds is 9. The Hall–Kier alpha value is -2.64. The summed E-state index contributed by atoms with van der Waals surface area (Å²) in [4.78, 5) is 31.1. The van der Waals surface area contributed by atoms with E-state index in [0.29, 0.717) is 25.8 Å².